The topological polar surface area (TPSA) is 94.0 Å². The van der Waals surface area contributed by atoms with Gasteiger partial charge in [0.15, 0.2) is 17.8 Å². The lowest BCUT2D eigenvalue weighted by atomic mass is 10.2. The molecule has 1 N–H and O–H groups in total. The van der Waals surface area contributed by atoms with E-state index in [0.717, 1.165) is 28.8 Å². The molecule has 2 aromatic carbocycles. The summed E-state index contributed by atoms with van der Waals surface area (Å²) in [7, 11) is 0. The third kappa shape index (κ3) is 5.09. The van der Waals surface area contributed by atoms with E-state index in [1.54, 1.807) is 6.07 Å². The van der Waals surface area contributed by atoms with Crippen molar-refractivity contribution in [2.45, 2.75) is 31.8 Å². The van der Waals surface area contributed by atoms with Crippen molar-refractivity contribution in [2.24, 2.45) is 0 Å². The maximum absolute atomic E-state index is 13.9. The normalized spacial score (nSPS) is 14.6. The SMILES string of the molecule is O=c1n(Cc2nc(N3CCC3)n(-c3cccc(F)c3)n2)nc(-c2ccc(Cl)cc2)n1C[C@H](O)C(F)(F)F. The number of hydrogen-bond donors (Lipinski definition) is 1. The number of halogens is 5. The van der Waals surface area contributed by atoms with Crippen LogP contribution < -0.4 is 10.6 Å². The van der Waals surface area contributed by atoms with Gasteiger partial charge >= 0.3 is 11.9 Å². The lowest BCUT2D eigenvalue weighted by Crippen LogP contribution is -2.39. The largest absolute Gasteiger partial charge is 0.416 e. The highest BCUT2D eigenvalue weighted by molar-refractivity contribution is 6.30. The zero-order valence-electron chi connectivity index (χ0n) is 19.1. The molecule has 0 bridgehead atoms. The van der Waals surface area contributed by atoms with Gasteiger partial charge in [-0.2, -0.15) is 22.8 Å². The van der Waals surface area contributed by atoms with Crippen LogP contribution in [0.3, 0.4) is 0 Å². The molecule has 0 unspecified atom stereocenters. The number of aromatic nitrogens is 6. The van der Waals surface area contributed by atoms with Gasteiger partial charge in [0.1, 0.15) is 12.4 Å². The Kier molecular flexibility index (Phi) is 6.50. The Morgan fingerprint density at radius 3 is 2.43 bits per heavy atom. The van der Waals surface area contributed by atoms with Gasteiger partial charge in [-0.1, -0.05) is 17.7 Å². The summed E-state index contributed by atoms with van der Waals surface area (Å²) in [5.41, 5.74) is -0.135. The van der Waals surface area contributed by atoms with Crippen LogP contribution in [0.25, 0.3) is 17.1 Å². The molecule has 0 saturated carbocycles. The fourth-order valence-corrected chi connectivity index (χ4v) is 3.97. The Labute approximate surface area is 212 Å². The standard InChI is InChI=1S/C23H20ClF4N7O2/c24-15-7-5-14(6-8-15)20-31-34(22(37)33(20)12-18(36)23(26,27)28)13-19-29-21(32-9-2-10-32)35(30-19)17-4-1-3-16(25)11-17/h1,3-8,11,18,36H,2,9-10,12-13H2/t18-/m0/s1. The van der Waals surface area contributed by atoms with E-state index >= 15 is 0 Å². The van der Waals surface area contributed by atoms with Crippen molar-refractivity contribution < 1.29 is 22.7 Å². The Morgan fingerprint density at radius 2 is 1.81 bits per heavy atom. The number of aliphatic hydroxyl groups is 1. The molecule has 194 valence electrons. The summed E-state index contributed by atoms with van der Waals surface area (Å²) in [6.07, 6.45) is -6.77. The van der Waals surface area contributed by atoms with Crippen LogP contribution >= 0.6 is 11.6 Å². The van der Waals surface area contributed by atoms with Crippen molar-refractivity contribution in [1.82, 2.24) is 29.1 Å². The molecule has 1 aliphatic rings. The Bertz CT molecular complexity index is 1480. The van der Waals surface area contributed by atoms with E-state index in [-0.39, 0.29) is 18.2 Å². The fraction of sp³-hybridized carbons (Fsp3) is 0.304. The highest BCUT2D eigenvalue weighted by atomic mass is 35.5. The molecule has 2 aromatic heterocycles. The smallest absolute Gasteiger partial charge is 0.382 e. The summed E-state index contributed by atoms with van der Waals surface area (Å²) < 4.78 is 56.3. The van der Waals surface area contributed by atoms with Crippen molar-refractivity contribution in [3.63, 3.8) is 0 Å². The van der Waals surface area contributed by atoms with Crippen LogP contribution in [-0.2, 0) is 13.1 Å². The minimum atomic E-state index is -4.93. The number of benzene rings is 2. The zero-order chi connectivity index (χ0) is 26.3. The molecule has 1 atom stereocenters. The van der Waals surface area contributed by atoms with Gasteiger partial charge < -0.3 is 10.0 Å². The summed E-state index contributed by atoms with van der Waals surface area (Å²) in [6.45, 7) is 0.123. The van der Waals surface area contributed by atoms with Crippen LogP contribution in [-0.4, -0.2) is 59.6 Å². The van der Waals surface area contributed by atoms with Crippen LogP contribution in [0.15, 0.2) is 53.3 Å². The highest BCUT2D eigenvalue weighted by Gasteiger charge is 2.39. The molecule has 14 heteroatoms. The van der Waals surface area contributed by atoms with Gasteiger partial charge in [-0.05, 0) is 48.9 Å². The lowest BCUT2D eigenvalue weighted by molar-refractivity contribution is -0.207. The second kappa shape index (κ2) is 9.63. The second-order valence-electron chi connectivity index (χ2n) is 8.50. The predicted octanol–water partition coefficient (Wildman–Crippen LogP) is 3.27. The van der Waals surface area contributed by atoms with Crippen LogP contribution in [0, 0.1) is 5.82 Å². The van der Waals surface area contributed by atoms with Crippen molar-refractivity contribution in [2.75, 3.05) is 18.0 Å². The third-order valence-corrected chi connectivity index (χ3v) is 6.13. The first-order chi connectivity index (χ1) is 17.6. The lowest BCUT2D eigenvalue weighted by Gasteiger charge is -2.31. The van der Waals surface area contributed by atoms with Gasteiger partial charge in [0.05, 0.1) is 12.2 Å². The molecule has 0 radical (unpaired) electrons. The third-order valence-electron chi connectivity index (χ3n) is 5.88. The van der Waals surface area contributed by atoms with Gasteiger partial charge in [0.25, 0.3) is 0 Å². The Hall–Kier alpha value is -3.71. The molecule has 4 aromatic rings. The first-order valence-corrected chi connectivity index (χ1v) is 11.6. The van der Waals surface area contributed by atoms with Crippen LogP contribution in [0.2, 0.25) is 5.02 Å². The van der Waals surface area contributed by atoms with E-state index in [1.165, 1.54) is 47.1 Å². The molecule has 9 nitrogen and oxygen atoms in total. The molecule has 1 aliphatic heterocycles. The molecule has 5 rings (SSSR count). The molecule has 0 spiro atoms. The molecular weight excluding hydrogens is 518 g/mol. The maximum atomic E-state index is 13.9. The van der Waals surface area contributed by atoms with Gasteiger partial charge in [-0.15, -0.1) is 10.2 Å². The van der Waals surface area contributed by atoms with Gasteiger partial charge in [-0.25, -0.2) is 13.9 Å². The molecular formula is C23H20ClF4N7O2. The van der Waals surface area contributed by atoms with Crippen LogP contribution in [0.1, 0.15) is 12.2 Å². The zero-order valence-corrected chi connectivity index (χ0v) is 19.9. The Balaban J connectivity index is 1.55. The number of rotatable bonds is 7. The number of alkyl halides is 3. The van der Waals surface area contributed by atoms with Crippen LogP contribution in [0.4, 0.5) is 23.5 Å². The number of aliphatic hydroxyl groups excluding tert-OH is 1. The van der Waals surface area contributed by atoms with Crippen molar-refractivity contribution in [1.29, 1.82) is 0 Å². The first-order valence-electron chi connectivity index (χ1n) is 11.3. The number of nitrogens with zero attached hydrogens (tertiary/aromatic N) is 7. The highest BCUT2D eigenvalue weighted by Crippen LogP contribution is 2.25. The summed E-state index contributed by atoms with van der Waals surface area (Å²) in [4.78, 5) is 19.6. The molecule has 0 amide bonds. The van der Waals surface area contributed by atoms with Crippen molar-refractivity contribution in [3.8, 4) is 17.1 Å². The molecule has 3 heterocycles. The summed E-state index contributed by atoms with van der Waals surface area (Å²) >= 11 is 5.92. The number of anilines is 1. The quantitative estimate of drug-likeness (QED) is 0.364. The minimum absolute atomic E-state index is 0.0857. The average Bonchev–Trinajstić information content (AvgIpc) is 3.34. The Morgan fingerprint density at radius 1 is 1.08 bits per heavy atom. The van der Waals surface area contributed by atoms with E-state index in [0.29, 0.717) is 22.2 Å². The maximum Gasteiger partial charge on any atom is 0.416 e. The van der Waals surface area contributed by atoms with Gasteiger partial charge in [0.2, 0.25) is 5.95 Å². The van der Waals surface area contributed by atoms with E-state index in [1.807, 2.05) is 4.90 Å². The van der Waals surface area contributed by atoms with E-state index in [9.17, 15) is 27.5 Å². The first kappa shape index (κ1) is 25.0. The van der Waals surface area contributed by atoms with E-state index < -0.39 is 30.3 Å². The monoisotopic (exact) mass is 537 g/mol. The summed E-state index contributed by atoms with van der Waals surface area (Å²) in [5.74, 6) is 0.0501. The van der Waals surface area contributed by atoms with Gasteiger partial charge in [-0.3, -0.25) is 4.57 Å². The minimum Gasteiger partial charge on any atom is -0.382 e. The summed E-state index contributed by atoms with van der Waals surface area (Å²) in [6, 6.07) is 11.8. The predicted molar refractivity (Wildman–Crippen MR) is 126 cm³/mol. The second-order valence-corrected chi connectivity index (χ2v) is 8.94. The molecule has 1 saturated heterocycles. The average molecular weight is 538 g/mol. The summed E-state index contributed by atoms with van der Waals surface area (Å²) in [5, 5.41) is 18.7. The van der Waals surface area contributed by atoms with E-state index in [4.69, 9.17) is 11.6 Å². The van der Waals surface area contributed by atoms with E-state index in [2.05, 4.69) is 15.2 Å². The molecule has 37 heavy (non-hydrogen) atoms. The molecule has 1 fully saturated rings. The van der Waals surface area contributed by atoms with Crippen molar-refractivity contribution >= 4 is 17.5 Å². The number of hydrogen-bond acceptors (Lipinski definition) is 6. The van der Waals surface area contributed by atoms with Gasteiger partial charge in [0, 0.05) is 23.7 Å². The van der Waals surface area contributed by atoms with Crippen molar-refractivity contribution in [3.05, 3.63) is 75.7 Å². The molecule has 0 aliphatic carbocycles. The van der Waals surface area contributed by atoms with Crippen LogP contribution in [0.5, 0.6) is 0 Å². The fourth-order valence-electron chi connectivity index (χ4n) is 3.85.